The standard InChI is InChI=1S/C13H24N4O/c1-10(2)14-6-8-16(5)12-13(18)17(11(3)4)9-7-15-12/h7,9-11,14H,6,8H2,1-5H3. The van der Waals surface area contributed by atoms with Gasteiger partial charge in [0.1, 0.15) is 0 Å². The number of likely N-dealkylation sites (N-methyl/N-ethyl adjacent to an activating group) is 1. The van der Waals surface area contributed by atoms with Crippen LogP contribution in [0.25, 0.3) is 0 Å². The Labute approximate surface area is 109 Å². The van der Waals surface area contributed by atoms with Gasteiger partial charge in [0.05, 0.1) is 0 Å². The fraction of sp³-hybridized carbons (Fsp3) is 0.692. The molecule has 1 rings (SSSR count). The number of aromatic nitrogens is 2. The molecule has 0 aromatic carbocycles. The molecule has 0 saturated heterocycles. The highest BCUT2D eigenvalue weighted by Gasteiger charge is 2.11. The SMILES string of the molecule is CC(C)NCCN(C)c1nccn(C(C)C)c1=O. The van der Waals surface area contributed by atoms with E-state index in [0.717, 1.165) is 13.1 Å². The molecule has 0 atom stereocenters. The summed E-state index contributed by atoms with van der Waals surface area (Å²) in [5.41, 5.74) is -0.0282. The van der Waals surface area contributed by atoms with Crippen LogP contribution >= 0.6 is 0 Å². The van der Waals surface area contributed by atoms with Crippen LogP contribution in [-0.4, -0.2) is 35.7 Å². The molecule has 5 heteroatoms. The summed E-state index contributed by atoms with van der Waals surface area (Å²) >= 11 is 0. The lowest BCUT2D eigenvalue weighted by Crippen LogP contribution is -2.37. The predicted molar refractivity (Wildman–Crippen MR) is 75.3 cm³/mol. The lowest BCUT2D eigenvalue weighted by Gasteiger charge is -2.20. The Kier molecular flexibility index (Phi) is 5.34. The van der Waals surface area contributed by atoms with Crippen LogP contribution in [0, 0.1) is 0 Å². The highest BCUT2D eigenvalue weighted by molar-refractivity contribution is 5.34. The van der Waals surface area contributed by atoms with Gasteiger partial charge in [0.15, 0.2) is 5.82 Å². The summed E-state index contributed by atoms with van der Waals surface area (Å²) in [7, 11) is 1.90. The van der Waals surface area contributed by atoms with Crippen LogP contribution in [0.5, 0.6) is 0 Å². The molecule has 0 saturated carbocycles. The molecule has 0 spiro atoms. The number of nitrogens with one attached hydrogen (secondary N) is 1. The first-order valence-corrected chi connectivity index (χ1v) is 6.45. The minimum absolute atomic E-state index is 0.0282. The molecule has 0 bridgehead atoms. The molecule has 1 aromatic heterocycles. The maximum absolute atomic E-state index is 12.2. The molecule has 1 heterocycles. The second kappa shape index (κ2) is 6.54. The molecule has 0 aliphatic heterocycles. The minimum Gasteiger partial charge on any atom is -0.354 e. The van der Waals surface area contributed by atoms with Crippen molar-refractivity contribution in [1.29, 1.82) is 0 Å². The van der Waals surface area contributed by atoms with E-state index in [0.29, 0.717) is 11.9 Å². The summed E-state index contributed by atoms with van der Waals surface area (Å²) in [6, 6.07) is 0.607. The Bertz CT molecular complexity index is 425. The first-order chi connectivity index (χ1) is 8.43. The van der Waals surface area contributed by atoms with Crippen molar-refractivity contribution in [3.8, 4) is 0 Å². The molecular weight excluding hydrogens is 228 g/mol. The van der Waals surface area contributed by atoms with Crippen molar-refractivity contribution in [1.82, 2.24) is 14.9 Å². The molecule has 102 valence electrons. The van der Waals surface area contributed by atoms with Crippen molar-refractivity contribution in [2.24, 2.45) is 0 Å². The first kappa shape index (κ1) is 14.7. The Morgan fingerprint density at radius 1 is 1.39 bits per heavy atom. The van der Waals surface area contributed by atoms with Gasteiger partial charge in [0.25, 0.3) is 5.56 Å². The van der Waals surface area contributed by atoms with Crippen LogP contribution in [0.15, 0.2) is 17.2 Å². The van der Waals surface area contributed by atoms with Gasteiger partial charge in [0.2, 0.25) is 0 Å². The molecule has 0 fully saturated rings. The van der Waals surface area contributed by atoms with Gasteiger partial charge in [-0.05, 0) is 13.8 Å². The zero-order chi connectivity index (χ0) is 13.7. The van der Waals surface area contributed by atoms with E-state index >= 15 is 0 Å². The van der Waals surface area contributed by atoms with Gasteiger partial charge in [-0.15, -0.1) is 0 Å². The van der Waals surface area contributed by atoms with E-state index in [2.05, 4.69) is 24.1 Å². The maximum atomic E-state index is 12.2. The van der Waals surface area contributed by atoms with Crippen LogP contribution in [-0.2, 0) is 0 Å². The van der Waals surface area contributed by atoms with Gasteiger partial charge in [-0.25, -0.2) is 4.98 Å². The van der Waals surface area contributed by atoms with E-state index in [-0.39, 0.29) is 11.6 Å². The summed E-state index contributed by atoms with van der Waals surface area (Å²) in [4.78, 5) is 18.3. The third-order valence-corrected chi connectivity index (χ3v) is 2.77. The number of anilines is 1. The minimum atomic E-state index is -0.0282. The van der Waals surface area contributed by atoms with E-state index in [1.807, 2.05) is 25.8 Å². The molecule has 1 aromatic rings. The first-order valence-electron chi connectivity index (χ1n) is 6.45. The second-order valence-corrected chi connectivity index (χ2v) is 5.09. The number of rotatable bonds is 6. The summed E-state index contributed by atoms with van der Waals surface area (Å²) in [5, 5.41) is 3.32. The van der Waals surface area contributed by atoms with Crippen LogP contribution in [0.1, 0.15) is 33.7 Å². The van der Waals surface area contributed by atoms with Crippen molar-refractivity contribution in [2.45, 2.75) is 39.8 Å². The fourth-order valence-electron chi connectivity index (χ4n) is 1.71. The molecule has 5 nitrogen and oxygen atoms in total. The molecule has 0 amide bonds. The third kappa shape index (κ3) is 3.84. The van der Waals surface area contributed by atoms with E-state index in [4.69, 9.17) is 0 Å². The zero-order valence-electron chi connectivity index (χ0n) is 12.0. The molecular formula is C13H24N4O. The van der Waals surface area contributed by atoms with Crippen molar-refractivity contribution in [3.05, 3.63) is 22.7 Å². The van der Waals surface area contributed by atoms with Crippen LogP contribution in [0.3, 0.4) is 0 Å². The van der Waals surface area contributed by atoms with E-state index in [1.165, 1.54) is 0 Å². The van der Waals surface area contributed by atoms with E-state index in [1.54, 1.807) is 17.0 Å². The Morgan fingerprint density at radius 3 is 2.61 bits per heavy atom. The molecule has 0 aliphatic carbocycles. The smallest absolute Gasteiger partial charge is 0.293 e. The van der Waals surface area contributed by atoms with Crippen molar-refractivity contribution in [3.63, 3.8) is 0 Å². The predicted octanol–water partition coefficient (Wildman–Crippen LogP) is 1.26. The van der Waals surface area contributed by atoms with Gasteiger partial charge in [-0.3, -0.25) is 4.79 Å². The van der Waals surface area contributed by atoms with Crippen molar-refractivity contribution >= 4 is 5.82 Å². The number of nitrogens with zero attached hydrogens (tertiary/aromatic N) is 3. The number of hydrogen-bond acceptors (Lipinski definition) is 4. The summed E-state index contributed by atoms with van der Waals surface area (Å²) < 4.78 is 1.70. The summed E-state index contributed by atoms with van der Waals surface area (Å²) in [6.45, 7) is 9.80. The quantitative estimate of drug-likeness (QED) is 0.828. The third-order valence-electron chi connectivity index (χ3n) is 2.77. The van der Waals surface area contributed by atoms with Crippen LogP contribution < -0.4 is 15.8 Å². The molecule has 1 N–H and O–H groups in total. The van der Waals surface area contributed by atoms with E-state index in [9.17, 15) is 4.79 Å². The fourth-order valence-corrected chi connectivity index (χ4v) is 1.71. The monoisotopic (exact) mass is 252 g/mol. The maximum Gasteiger partial charge on any atom is 0.293 e. The molecule has 0 aliphatic rings. The van der Waals surface area contributed by atoms with Crippen LogP contribution in [0.2, 0.25) is 0 Å². The largest absolute Gasteiger partial charge is 0.354 e. The summed E-state index contributed by atoms with van der Waals surface area (Å²) in [6.07, 6.45) is 3.42. The highest BCUT2D eigenvalue weighted by Crippen LogP contribution is 2.04. The van der Waals surface area contributed by atoms with Gasteiger partial charge >= 0.3 is 0 Å². The van der Waals surface area contributed by atoms with E-state index < -0.39 is 0 Å². The van der Waals surface area contributed by atoms with Crippen LogP contribution in [0.4, 0.5) is 5.82 Å². The molecule has 0 radical (unpaired) electrons. The Hall–Kier alpha value is -1.36. The molecule has 0 unspecified atom stereocenters. The topological polar surface area (TPSA) is 50.2 Å². The Morgan fingerprint density at radius 2 is 2.06 bits per heavy atom. The second-order valence-electron chi connectivity index (χ2n) is 5.09. The average molecular weight is 252 g/mol. The molecule has 18 heavy (non-hydrogen) atoms. The van der Waals surface area contributed by atoms with Crippen molar-refractivity contribution < 1.29 is 0 Å². The highest BCUT2D eigenvalue weighted by atomic mass is 16.1. The zero-order valence-corrected chi connectivity index (χ0v) is 12.0. The van der Waals surface area contributed by atoms with Gasteiger partial charge in [-0.2, -0.15) is 0 Å². The van der Waals surface area contributed by atoms with Gasteiger partial charge in [-0.1, -0.05) is 13.8 Å². The van der Waals surface area contributed by atoms with Gasteiger partial charge in [0, 0.05) is 44.6 Å². The summed E-state index contributed by atoms with van der Waals surface area (Å²) in [5.74, 6) is 0.511. The van der Waals surface area contributed by atoms with Gasteiger partial charge < -0.3 is 14.8 Å². The lowest BCUT2D eigenvalue weighted by atomic mass is 10.3. The average Bonchev–Trinajstić information content (AvgIpc) is 2.28. The van der Waals surface area contributed by atoms with Crippen molar-refractivity contribution in [2.75, 3.05) is 25.0 Å². The number of hydrogen-bond donors (Lipinski definition) is 1. The lowest BCUT2D eigenvalue weighted by molar-refractivity contribution is 0.566. The normalized spacial score (nSPS) is 11.3. The Balaban J connectivity index is 2.77.